The molecule has 5 nitrogen and oxygen atoms in total. The molecule has 1 aromatic heterocycles. The molecule has 0 saturated heterocycles. The van der Waals surface area contributed by atoms with E-state index in [2.05, 4.69) is 21.7 Å². The molecule has 0 unspecified atom stereocenters. The lowest BCUT2D eigenvalue weighted by molar-refractivity contribution is 0.691. The fraction of sp³-hybridized carbons (Fsp3) is 0.538. The van der Waals surface area contributed by atoms with E-state index in [4.69, 9.17) is 0 Å². The lowest BCUT2D eigenvalue weighted by atomic mass is 10.1. The van der Waals surface area contributed by atoms with Crippen LogP contribution in [-0.4, -0.2) is 29.2 Å². The zero-order valence-corrected chi connectivity index (χ0v) is 10.4. The van der Waals surface area contributed by atoms with E-state index < -0.39 is 0 Å². The summed E-state index contributed by atoms with van der Waals surface area (Å²) in [7, 11) is 0. The summed E-state index contributed by atoms with van der Waals surface area (Å²) in [5, 5.41) is 6.44. The van der Waals surface area contributed by atoms with Crippen molar-refractivity contribution < 1.29 is 0 Å². The summed E-state index contributed by atoms with van der Waals surface area (Å²) in [6.45, 7) is 2.66. The van der Waals surface area contributed by atoms with Gasteiger partial charge in [-0.25, -0.2) is 4.98 Å². The van der Waals surface area contributed by atoms with E-state index in [1.807, 2.05) is 0 Å². The smallest absolute Gasteiger partial charge is 0.293 e. The molecule has 2 heterocycles. The van der Waals surface area contributed by atoms with Gasteiger partial charge < -0.3 is 15.2 Å². The van der Waals surface area contributed by atoms with Gasteiger partial charge in [-0.3, -0.25) is 4.79 Å². The molecular weight excluding hydrogens is 228 g/mol. The highest BCUT2D eigenvalue weighted by Gasteiger charge is 2.25. The van der Waals surface area contributed by atoms with Crippen LogP contribution in [0.25, 0.3) is 0 Å². The predicted octanol–water partition coefficient (Wildman–Crippen LogP) is 0.910. The van der Waals surface area contributed by atoms with Crippen molar-refractivity contribution >= 4 is 5.82 Å². The second-order valence-corrected chi connectivity index (χ2v) is 4.89. The van der Waals surface area contributed by atoms with Crippen LogP contribution in [0.3, 0.4) is 0 Å². The summed E-state index contributed by atoms with van der Waals surface area (Å²) < 4.78 is 1.80. The maximum atomic E-state index is 12.1. The third-order valence-electron chi connectivity index (χ3n) is 3.45. The third kappa shape index (κ3) is 2.46. The summed E-state index contributed by atoms with van der Waals surface area (Å²) in [4.78, 5) is 16.3. The van der Waals surface area contributed by atoms with Crippen molar-refractivity contribution in [3.05, 3.63) is 34.4 Å². The van der Waals surface area contributed by atoms with E-state index in [-0.39, 0.29) is 5.56 Å². The van der Waals surface area contributed by atoms with E-state index >= 15 is 0 Å². The number of hydrogen-bond donors (Lipinski definition) is 2. The fourth-order valence-electron chi connectivity index (χ4n) is 2.21. The first-order valence-corrected chi connectivity index (χ1v) is 6.54. The highest BCUT2D eigenvalue weighted by Crippen LogP contribution is 2.33. The topological polar surface area (TPSA) is 59.0 Å². The van der Waals surface area contributed by atoms with Gasteiger partial charge in [-0.2, -0.15) is 0 Å². The molecule has 1 aliphatic carbocycles. The highest BCUT2D eigenvalue weighted by atomic mass is 16.1. The van der Waals surface area contributed by atoms with Crippen LogP contribution in [-0.2, 0) is 0 Å². The summed E-state index contributed by atoms with van der Waals surface area (Å²) in [5.74, 6) is 0.476. The van der Waals surface area contributed by atoms with E-state index in [1.54, 1.807) is 17.0 Å². The van der Waals surface area contributed by atoms with Gasteiger partial charge in [0.05, 0.1) is 0 Å². The molecule has 1 aromatic rings. The predicted molar refractivity (Wildman–Crippen MR) is 70.8 cm³/mol. The van der Waals surface area contributed by atoms with Gasteiger partial charge >= 0.3 is 0 Å². The standard InChI is InChI=1S/C13H18N4O/c18-13-12(15-7-8-17(13)11-1-2-11)16-9-10-3-5-14-6-4-10/h3,7-8,11,14H,1-2,4-6,9H2,(H,15,16). The molecule has 0 spiro atoms. The Morgan fingerprint density at radius 2 is 2.39 bits per heavy atom. The van der Waals surface area contributed by atoms with Crippen LogP contribution in [0.5, 0.6) is 0 Å². The van der Waals surface area contributed by atoms with Crippen LogP contribution in [0.1, 0.15) is 25.3 Å². The van der Waals surface area contributed by atoms with Gasteiger partial charge in [0.2, 0.25) is 0 Å². The van der Waals surface area contributed by atoms with Crippen molar-refractivity contribution in [3.8, 4) is 0 Å². The first-order chi connectivity index (χ1) is 8.84. The normalized spacial score (nSPS) is 19.4. The second-order valence-electron chi connectivity index (χ2n) is 4.89. The van der Waals surface area contributed by atoms with E-state index in [0.29, 0.717) is 11.9 Å². The maximum Gasteiger partial charge on any atom is 0.293 e. The van der Waals surface area contributed by atoms with Gasteiger partial charge in [0.15, 0.2) is 5.82 Å². The molecule has 5 heteroatoms. The van der Waals surface area contributed by atoms with Gasteiger partial charge in [-0.15, -0.1) is 0 Å². The number of aromatic nitrogens is 2. The Morgan fingerprint density at radius 3 is 3.11 bits per heavy atom. The molecule has 1 aliphatic heterocycles. The van der Waals surface area contributed by atoms with Gasteiger partial charge in [0.25, 0.3) is 5.56 Å². The van der Waals surface area contributed by atoms with Crippen LogP contribution < -0.4 is 16.2 Å². The monoisotopic (exact) mass is 246 g/mol. The summed E-state index contributed by atoms with van der Waals surface area (Å²) >= 11 is 0. The van der Waals surface area contributed by atoms with E-state index in [1.165, 1.54) is 5.57 Å². The molecule has 2 aliphatic rings. The Balaban J connectivity index is 1.70. The summed E-state index contributed by atoms with van der Waals surface area (Å²) in [5.41, 5.74) is 1.35. The van der Waals surface area contributed by atoms with Crippen LogP contribution in [0.4, 0.5) is 5.82 Å². The van der Waals surface area contributed by atoms with Crippen LogP contribution in [0.2, 0.25) is 0 Å². The number of rotatable bonds is 4. The minimum absolute atomic E-state index is 0.00883. The van der Waals surface area contributed by atoms with Crippen molar-refractivity contribution in [2.75, 3.05) is 25.0 Å². The van der Waals surface area contributed by atoms with E-state index in [9.17, 15) is 4.79 Å². The Morgan fingerprint density at radius 1 is 1.50 bits per heavy atom. The van der Waals surface area contributed by atoms with Gasteiger partial charge in [-0.05, 0) is 25.8 Å². The van der Waals surface area contributed by atoms with Crippen LogP contribution >= 0.6 is 0 Å². The van der Waals surface area contributed by atoms with Crippen molar-refractivity contribution in [3.63, 3.8) is 0 Å². The van der Waals surface area contributed by atoms with Crippen LogP contribution in [0.15, 0.2) is 28.8 Å². The maximum absolute atomic E-state index is 12.1. The SMILES string of the molecule is O=c1c(NCC2=CCNCC2)nccn1C1CC1. The largest absolute Gasteiger partial charge is 0.362 e. The molecule has 0 atom stereocenters. The molecule has 1 saturated carbocycles. The minimum atomic E-state index is 0.00883. The lowest BCUT2D eigenvalue weighted by Crippen LogP contribution is -2.26. The molecule has 0 aromatic carbocycles. The van der Waals surface area contributed by atoms with Crippen molar-refractivity contribution in [1.82, 2.24) is 14.9 Å². The fourth-order valence-corrected chi connectivity index (χ4v) is 2.21. The lowest BCUT2D eigenvalue weighted by Gasteiger charge is -2.15. The molecule has 1 fully saturated rings. The molecule has 2 N–H and O–H groups in total. The Kier molecular flexibility index (Phi) is 3.15. The molecule has 0 radical (unpaired) electrons. The Bertz CT molecular complexity index is 516. The van der Waals surface area contributed by atoms with Crippen molar-refractivity contribution in [1.29, 1.82) is 0 Å². The molecule has 18 heavy (non-hydrogen) atoms. The third-order valence-corrected chi connectivity index (χ3v) is 3.45. The molecule has 3 rings (SSSR count). The zero-order valence-electron chi connectivity index (χ0n) is 10.4. The van der Waals surface area contributed by atoms with Crippen molar-refractivity contribution in [2.24, 2.45) is 0 Å². The average molecular weight is 246 g/mol. The molecule has 96 valence electrons. The first kappa shape index (κ1) is 11.5. The first-order valence-electron chi connectivity index (χ1n) is 6.54. The van der Waals surface area contributed by atoms with Gasteiger partial charge in [0, 0.05) is 31.5 Å². The highest BCUT2D eigenvalue weighted by molar-refractivity contribution is 5.34. The second kappa shape index (κ2) is 4.94. The number of anilines is 1. The Hall–Kier alpha value is -1.62. The van der Waals surface area contributed by atoms with Gasteiger partial charge in [0.1, 0.15) is 0 Å². The minimum Gasteiger partial charge on any atom is -0.362 e. The van der Waals surface area contributed by atoms with Crippen molar-refractivity contribution in [2.45, 2.75) is 25.3 Å². The molecule has 0 amide bonds. The quantitative estimate of drug-likeness (QED) is 0.775. The Labute approximate surface area is 106 Å². The molecule has 0 bridgehead atoms. The molecular formula is C13H18N4O. The van der Waals surface area contributed by atoms with Crippen LogP contribution in [0, 0.1) is 0 Å². The van der Waals surface area contributed by atoms with E-state index in [0.717, 1.165) is 38.9 Å². The number of nitrogens with one attached hydrogen (secondary N) is 2. The number of nitrogens with zero attached hydrogens (tertiary/aromatic N) is 2. The average Bonchev–Trinajstić information content (AvgIpc) is 3.23. The van der Waals surface area contributed by atoms with Gasteiger partial charge in [-0.1, -0.05) is 11.6 Å². The summed E-state index contributed by atoms with van der Waals surface area (Å²) in [6.07, 6.45) is 8.93. The zero-order chi connectivity index (χ0) is 12.4. The number of hydrogen-bond acceptors (Lipinski definition) is 4. The summed E-state index contributed by atoms with van der Waals surface area (Å²) in [6, 6.07) is 0.402.